The number of ether oxygens (including phenoxy) is 1. The number of hydrogen-bond acceptors (Lipinski definition) is 3. The predicted molar refractivity (Wildman–Crippen MR) is 69.6 cm³/mol. The summed E-state index contributed by atoms with van der Waals surface area (Å²) in [6, 6.07) is 6.97. The molecule has 0 amide bonds. The van der Waals surface area contributed by atoms with Gasteiger partial charge in [0.2, 0.25) is 0 Å². The van der Waals surface area contributed by atoms with E-state index in [2.05, 4.69) is 15.9 Å². The molecule has 0 aliphatic carbocycles. The van der Waals surface area contributed by atoms with E-state index >= 15 is 0 Å². The molecule has 0 fully saturated rings. The molecule has 1 rings (SSSR count). The molecule has 0 aromatic heterocycles. The number of nitriles is 1. The molecule has 0 bridgehead atoms. The second-order valence-corrected chi connectivity index (χ2v) is 4.65. The van der Waals surface area contributed by atoms with Crippen molar-refractivity contribution in [1.29, 1.82) is 5.26 Å². The second-order valence-electron chi connectivity index (χ2n) is 4.08. The maximum Gasteiger partial charge on any atom is 0.173 e. The molecule has 0 saturated carbocycles. The topological polar surface area (TPSA) is 50.1 Å². The van der Waals surface area contributed by atoms with Crippen LogP contribution in [0.4, 0.5) is 0 Å². The van der Waals surface area contributed by atoms with Gasteiger partial charge in [0.1, 0.15) is 11.8 Å². The van der Waals surface area contributed by atoms with Gasteiger partial charge in [0.05, 0.1) is 17.5 Å². The minimum Gasteiger partial charge on any atom is -0.492 e. The maximum atomic E-state index is 11.5. The molecule has 0 saturated heterocycles. The summed E-state index contributed by atoms with van der Waals surface area (Å²) < 4.78 is 5.51. The van der Waals surface area contributed by atoms with Crippen LogP contribution in [0.3, 0.4) is 0 Å². The normalized spacial score (nSPS) is 10.1. The molecular weight excluding hydrogens is 282 g/mol. The van der Waals surface area contributed by atoms with E-state index in [0.29, 0.717) is 29.4 Å². The Hall–Kier alpha value is -1.34. The summed E-state index contributed by atoms with van der Waals surface area (Å²) in [6.45, 7) is 4.63. The molecule has 3 nitrogen and oxygen atoms in total. The minimum atomic E-state index is -0.0445. The highest BCUT2D eigenvalue weighted by Crippen LogP contribution is 2.20. The first kappa shape index (κ1) is 13.7. The molecule has 1 aromatic carbocycles. The summed E-state index contributed by atoms with van der Waals surface area (Å²) in [5.41, 5.74) is 0.924. The first-order valence-electron chi connectivity index (χ1n) is 5.34. The van der Waals surface area contributed by atoms with Gasteiger partial charge in [0.15, 0.2) is 5.78 Å². The van der Waals surface area contributed by atoms with Gasteiger partial charge in [0, 0.05) is 5.56 Å². The monoisotopic (exact) mass is 295 g/mol. The van der Waals surface area contributed by atoms with Gasteiger partial charge in [-0.25, -0.2) is 0 Å². The van der Waals surface area contributed by atoms with Crippen molar-refractivity contribution in [1.82, 2.24) is 0 Å². The lowest BCUT2D eigenvalue weighted by molar-refractivity contribution is 0.102. The van der Waals surface area contributed by atoms with E-state index in [0.717, 1.165) is 0 Å². The van der Waals surface area contributed by atoms with Crippen molar-refractivity contribution in [2.24, 2.45) is 5.92 Å². The smallest absolute Gasteiger partial charge is 0.173 e. The number of hydrogen-bond donors (Lipinski definition) is 0. The van der Waals surface area contributed by atoms with Gasteiger partial charge in [-0.05, 0) is 24.1 Å². The van der Waals surface area contributed by atoms with Gasteiger partial charge >= 0.3 is 0 Å². The number of carbonyl (C=O) groups is 1. The summed E-state index contributed by atoms with van der Waals surface area (Å²) in [5, 5.41) is 9.26. The van der Waals surface area contributed by atoms with E-state index in [1.165, 1.54) is 0 Å². The van der Waals surface area contributed by atoms with Gasteiger partial charge in [-0.15, -0.1) is 0 Å². The van der Waals surface area contributed by atoms with Gasteiger partial charge in [0.25, 0.3) is 0 Å². The average Bonchev–Trinajstić information content (AvgIpc) is 2.34. The molecule has 90 valence electrons. The molecule has 0 aliphatic rings. The highest BCUT2D eigenvalue weighted by atomic mass is 79.9. The van der Waals surface area contributed by atoms with Crippen LogP contribution in [0.1, 0.15) is 29.8 Å². The molecule has 0 atom stereocenters. The minimum absolute atomic E-state index is 0.0445. The Kier molecular flexibility index (Phi) is 5.17. The average molecular weight is 296 g/mol. The van der Waals surface area contributed by atoms with Crippen molar-refractivity contribution in [2.45, 2.75) is 13.8 Å². The zero-order valence-electron chi connectivity index (χ0n) is 9.87. The zero-order valence-corrected chi connectivity index (χ0v) is 11.5. The Morgan fingerprint density at radius 3 is 2.76 bits per heavy atom. The summed E-state index contributed by atoms with van der Waals surface area (Å²) >= 11 is 3.10. The third kappa shape index (κ3) is 3.86. The molecule has 0 aliphatic heterocycles. The number of ketones is 1. The van der Waals surface area contributed by atoms with Crippen molar-refractivity contribution in [2.75, 3.05) is 11.9 Å². The third-order valence-electron chi connectivity index (χ3n) is 2.12. The Morgan fingerprint density at radius 1 is 1.53 bits per heavy atom. The van der Waals surface area contributed by atoms with Crippen LogP contribution in [0.25, 0.3) is 0 Å². The highest BCUT2D eigenvalue weighted by molar-refractivity contribution is 9.09. The number of Topliss-reactive ketones (excluding diaryl/α,β-unsaturated/α-hetero) is 1. The lowest BCUT2D eigenvalue weighted by Crippen LogP contribution is -2.07. The van der Waals surface area contributed by atoms with Crippen molar-refractivity contribution in [3.8, 4) is 11.8 Å². The fraction of sp³-hybridized carbons (Fsp3) is 0.385. The van der Waals surface area contributed by atoms with Crippen LogP contribution >= 0.6 is 15.9 Å². The first-order valence-corrected chi connectivity index (χ1v) is 6.46. The summed E-state index contributed by atoms with van der Waals surface area (Å²) in [6.07, 6.45) is 0. The summed E-state index contributed by atoms with van der Waals surface area (Å²) in [7, 11) is 0. The van der Waals surface area contributed by atoms with Gasteiger partial charge in [-0.2, -0.15) is 5.26 Å². The van der Waals surface area contributed by atoms with Crippen LogP contribution in [0.15, 0.2) is 18.2 Å². The van der Waals surface area contributed by atoms with Crippen molar-refractivity contribution < 1.29 is 9.53 Å². The lowest BCUT2D eigenvalue weighted by Gasteiger charge is -2.10. The Bertz CT molecular complexity index is 449. The second kappa shape index (κ2) is 6.41. The van der Waals surface area contributed by atoms with Crippen LogP contribution < -0.4 is 4.74 Å². The van der Waals surface area contributed by atoms with Crippen LogP contribution in [-0.2, 0) is 0 Å². The quantitative estimate of drug-likeness (QED) is 0.619. The predicted octanol–water partition coefficient (Wildman–Crippen LogP) is 3.17. The molecule has 0 radical (unpaired) electrons. The van der Waals surface area contributed by atoms with Crippen molar-refractivity contribution in [3.63, 3.8) is 0 Å². The van der Waals surface area contributed by atoms with E-state index < -0.39 is 0 Å². The fourth-order valence-electron chi connectivity index (χ4n) is 1.25. The van der Waals surface area contributed by atoms with Crippen LogP contribution in [-0.4, -0.2) is 17.7 Å². The van der Waals surface area contributed by atoms with E-state index in [4.69, 9.17) is 10.00 Å². The molecule has 4 heteroatoms. The first-order chi connectivity index (χ1) is 8.08. The molecule has 0 unspecified atom stereocenters. The van der Waals surface area contributed by atoms with Crippen molar-refractivity contribution in [3.05, 3.63) is 29.3 Å². The number of carbonyl (C=O) groups excluding carboxylic acids is 1. The van der Waals surface area contributed by atoms with Crippen LogP contribution in [0.5, 0.6) is 5.75 Å². The highest BCUT2D eigenvalue weighted by Gasteiger charge is 2.09. The van der Waals surface area contributed by atoms with E-state index in [9.17, 15) is 4.79 Å². The summed E-state index contributed by atoms with van der Waals surface area (Å²) in [4.78, 5) is 11.5. The molecule has 17 heavy (non-hydrogen) atoms. The maximum absolute atomic E-state index is 11.5. The van der Waals surface area contributed by atoms with Crippen molar-refractivity contribution >= 4 is 21.7 Å². The number of nitrogens with zero attached hydrogens (tertiary/aromatic N) is 1. The number of benzene rings is 1. The standard InChI is InChI=1S/C13H14BrNO2/c1-9(2)8-17-13-4-3-10(12(16)6-14)5-11(13)7-15/h3-5,9H,6,8H2,1-2H3. The zero-order chi connectivity index (χ0) is 12.8. The number of halogens is 1. The fourth-order valence-corrected chi connectivity index (χ4v) is 1.57. The Morgan fingerprint density at radius 2 is 2.24 bits per heavy atom. The SMILES string of the molecule is CC(C)COc1ccc(C(=O)CBr)cc1C#N. The van der Waals surface area contributed by atoms with Gasteiger partial charge < -0.3 is 4.74 Å². The number of alkyl halides is 1. The largest absolute Gasteiger partial charge is 0.492 e. The number of rotatable bonds is 5. The lowest BCUT2D eigenvalue weighted by atomic mass is 10.1. The summed E-state index contributed by atoms with van der Waals surface area (Å²) in [5.74, 6) is 0.884. The van der Waals surface area contributed by atoms with Gasteiger partial charge in [-0.3, -0.25) is 4.79 Å². The Labute approximate surface area is 110 Å². The van der Waals surface area contributed by atoms with Crippen LogP contribution in [0.2, 0.25) is 0 Å². The molecule has 0 N–H and O–H groups in total. The van der Waals surface area contributed by atoms with Crippen LogP contribution in [0, 0.1) is 17.2 Å². The molecular formula is C13H14BrNO2. The molecule has 0 heterocycles. The molecule has 0 spiro atoms. The van der Waals surface area contributed by atoms with E-state index in [1.54, 1.807) is 18.2 Å². The van der Waals surface area contributed by atoms with Gasteiger partial charge in [-0.1, -0.05) is 29.8 Å². The third-order valence-corrected chi connectivity index (χ3v) is 2.62. The Balaban J connectivity index is 2.94. The molecule has 1 aromatic rings. The van der Waals surface area contributed by atoms with E-state index in [1.807, 2.05) is 19.9 Å². The van der Waals surface area contributed by atoms with E-state index in [-0.39, 0.29) is 11.1 Å².